The summed E-state index contributed by atoms with van der Waals surface area (Å²) in [7, 11) is 0. The summed E-state index contributed by atoms with van der Waals surface area (Å²) < 4.78 is 2.16. The third-order valence-corrected chi connectivity index (χ3v) is 9.71. The van der Waals surface area contributed by atoms with Gasteiger partial charge in [-0.3, -0.25) is 9.36 Å². The summed E-state index contributed by atoms with van der Waals surface area (Å²) in [6.07, 6.45) is 6.99. The van der Waals surface area contributed by atoms with Crippen LogP contribution in [0.1, 0.15) is 75.2 Å². The van der Waals surface area contributed by atoms with Crippen molar-refractivity contribution < 1.29 is 0 Å². The summed E-state index contributed by atoms with van der Waals surface area (Å²) in [5.41, 5.74) is 11.9. The fraction of sp³-hybridized carbons (Fsp3) is 0.484. The lowest BCUT2D eigenvalue weighted by molar-refractivity contribution is 0.155. The van der Waals surface area contributed by atoms with E-state index in [-0.39, 0.29) is 11.0 Å². The molecule has 1 N–H and O–H groups in total. The van der Waals surface area contributed by atoms with Crippen LogP contribution in [0.4, 0.5) is 0 Å². The Morgan fingerprint density at radius 1 is 1.13 bits per heavy atom. The standard InChI is InChI=1S/C31H36ClN5O/c1-19(35-33)21-9-7-20(8-10-21)18-36-15-13-22(14-16-36)23-11-12-24-27(17-23)37-26-6-4-5-25(32)28(26)29(38)34-30(37)31(24,2)3/h4-6,11-12,17,20-22,33H,1,7-10,13-16,18H2,2-3H3. The molecule has 6 nitrogen and oxygen atoms in total. The van der Waals surface area contributed by atoms with Crippen LogP contribution in [0.3, 0.4) is 0 Å². The quantitative estimate of drug-likeness (QED) is 0.355. The molecule has 0 radical (unpaired) electrons. The van der Waals surface area contributed by atoms with Crippen LogP contribution in [-0.2, 0) is 5.41 Å². The number of fused-ring (bicyclic) bond motifs is 5. The smallest absolute Gasteiger partial charge is 0.282 e. The van der Waals surface area contributed by atoms with Crippen molar-refractivity contribution in [1.82, 2.24) is 14.5 Å². The van der Waals surface area contributed by atoms with Crippen LogP contribution in [0.5, 0.6) is 0 Å². The van der Waals surface area contributed by atoms with Crippen LogP contribution in [0, 0.1) is 17.4 Å². The van der Waals surface area contributed by atoms with Crippen molar-refractivity contribution >= 4 is 22.5 Å². The van der Waals surface area contributed by atoms with Gasteiger partial charge in [0.1, 0.15) is 5.82 Å². The van der Waals surface area contributed by atoms with E-state index in [9.17, 15) is 4.79 Å². The van der Waals surface area contributed by atoms with Crippen molar-refractivity contribution in [3.63, 3.8) is 0 Å². The Bertz CT molecular complexity index is 1480. The summed E-state index contributed by atoms with van der Waals surface area (Å²) in [4.78, 5) is 20.1. The van der Waals surface area contributed by atoms with Gasteiger partial charge in [-0.25, -0.2) is 5.53 Å². The SMILES string of the molecule is C=C(N=N)C1CCC(CN2CCC(c3ccc4c(c3)-n3c(nc(=O)c5c(Cl)cccc53)C4(C)C)CC2)CC1. The molecule has 1 saturated heterocycles. The summed E-state index contributed by atoms with van der Waals surface area (Å²) >= 11 is 6.45. The first-order chi connectivity index (χ1) is 18.3. The molecule has 0 amide bonds. The van der Waals surface area contributed by atoms with E-state index in [0.29, 0.717) is 22.2 Å². The van der Waals surface area contributed by atoms with Crippen LogP contribution in [-0.4, -0.2) is 34.1 Å². The average molecular weight is 530 g/mol. The van der Waals surface area contributed by atoms with Gasteiger partial charge in [0.05, 0.1) is 32.7 Å². The Morgan fingerprint density at radius 3 is 2.58 bits per heavy atom. The zero-order valence-corrected chi connectivity index (χ0v) is 23.1. The van der Waals surface area contributed by atoms with Crippen LogP contribution in [0.25, 0.3) is 16.6 Å². The van der Waals surface area contributed by atoms with Crippen LogP contribution in [0.2, 0.25) is 5.02 Å². The van der Waals surface area contributed by atoms with Crippen molar-refractivity contribution in [2.24, 2.45) is 17.0 Å². The lowest BCUT2D eigenvalue weighted by atomic mass is 9.80. The minimum atomic E-state index is -0.354. The Labute approximate surface area is 229 Å². The molecule has 0 unspecified atom stereocenters. The number of nitrogens with one attached hydrogen (secondary N) is 1. The molecule has 3 aromatic rings. The number of benzene rings is 2. The first-order valence-electron chi connectivity index (χ1n) is 13.9. The monoisotopic (exact) mass is 529 g/mol. The highest BCUT2D eigenvalue weighted by molar-refractivity contribution is 6.35. The fourth-order valence-corrected chi connectivity index (χ4v) is 7.36. The number of hydrogen-bond donors (Lipinski definition) is 1. The molecule has 0 atom stereocenters. The normalized spacial score (nSPS) is 23.2. The van der Waals surface area contributed by atoms with Gasteiger partial charge >= 0.3 is 0 Å². The van der Waals surface area contributed by atoms with E-state index in [0.717, 1.165) is 67.4 Å². The van der Waals surface area contributed by atoms with Crippen molar-refractivity contribution in [3.05, 3.63) is 81.0 Å². The van der Waals surface area contributed by atoms with Crippen molar-refractivity contribution in [2.45, 2.75) is 63.7 Å². The van der Waals surface area contributed by atoms with E-state index < -0.39 is 0 Å². The van der Waals surface area contributed by atoms with E-state index in [1.165, 1.54) is 30.5 Å². The van der Waals surface area contributed by atoms with E-state index in [2.05, 4.69) is 58.2 Å². The van der Waals surface area contributed by atoms with Gasteiger partial charge in [0, 0.05) is 12.5 Å². The Balaban J connectivity index is 1.20. The number of rotatable bonds is 5. The molecular formula is C31H36ClN5O. The molecule has 38 heavy (non-hydrogen) atoms. The lowest BCUT2D eigenvalue weighted by Gasteiger charge is -2.36. The topological polar surface area (TPSA) is 74.3 Å². The molecule has 0 bridgehead atoms. The van der Waals surface area contributed by atoms with E-state index >= 15 is 0 Å². The van der Waals surface area contributed by atoms with Gasteiger partial charge in [0.15, 0.2) is 0 Å². The van der Waals surface area contributed by atoms with E-state index in [1.807, 2.05) is 12.1 Å². The van der Waals surface area contributed by atoms with Gasteiger partial charge in [0.25, 0.3) is 5.56 Å². The summed E-state index contributed by atoms with van der Waals surface area (Å²) in [6, 6.07) is 12.5. The molecule has 2 fully saturated rings. The molecule has 1 aromatic heterocycles. The van der Waals surface area contributed by atoms with Gasteiger partial charge < -0.3 is 4.90 Å². The number of likely N-dealkylation sites (tertiary alicyclic amines) is 1. The second-order valence-corrected chi connectivity index (χ2v) is 12.4. The number of allylic oxidation sites excluding steroid dienone is 1. The maximum absolute atomic E-state index is 12.9. The molecule has 198 valence electrons. The van der Waals surface area contributed by atoms with Crippen LogP contribution in [0.15, 0.2) is 58.6 Å². The third-order valence-electron chi connectivity index (χ3n) is 9.40. The number of hydrogen-bond acceptors (Lipinski definition) is 5. The van der Waals surface area contributed by atoms with Gasteiger partial charge in [-0.2, -0.15) is 10.1 Å². The van der Waals surface area contributed by atoms with Crippen LogP contribution >= 0.6 is 11.6 Å². The maximum Gasteiger partial charge on any atom is 0.282 e. The van der Waals surface area contributed by atoms with Crippen molar-refractivity contribution in [1.29, 1.82) is 5.53 Å². The number of aromatic nitrogens is 2. The largest absolute Gasteiger partial charge is 0.303 e. The molecule has 0 spiro atoms. The summed E-state index contributed by atoms with van der Waals surface area (Å²) in [5, 5.41) is 4.52. The van der Waals surface area contributed by atoms with E-state index in [4.69, 9.17) is 17.1 Å². The lowest BCUT2D eigenvalue weighted by Crippen LogP contribution is -2.37. The summed E-state index contributed by atoms with van der Waals surface area (Å²) in [5.74, 6) is 2.47. The number of nitrogens with zero attached hydrogens (tertiary/aromatic N) is 4. The minimum absolute atomic E-state index is 0.255. The molecule has 6 rings (SSSR count). The Morgan fingerprint density at radius 2 is 1.87 bits per heavy atom. The van der Waals surface area contributed by atoms with Crippen molar-refractivity contribution in [3.8, 4) is 5.69 Å². The first-order valence-corrected chi connectivity index (χ1v) is 14.3. The Kier molecular flexibility index (Phi) is 6.51. The molecule has 3 heterocycles. The number of piperidine rings is 1. The second kappa shape index (κ2) is 9.73. The first kappa shape index (κ1) is 25.4. The fourth-order valence-electron chi connectivity index (χ4n) is 7.11. The number of halogens is 1. The highest BCUT2D eigenvalue weighted by Crippen LogP contribution is 2.45. The highest BCUT2D eigenvalue weighted by atomic mass is 35.5. The molecule has 3 aliphatic rings. The predicted molar refractivity (Wildman–Crippen MR) is 153 cm³/mol. The third kappa shape index (κ3) is 4.22. The molecule has 2 aliphatic heterocycles. The molecule has 7 heteroatoms. The maximum atomic E-state index is 12.9. The second-order valence-electron chi connectivity index (χ2n) is 12.0. The van der Waals surface area contributed by atoms with Crippen molar-refractivity contribution in [2.75, 3.05) is 19.6 Å². The average Bonchev–Trinajstić information content (AvgIpc) is 3.15. The highest BCUT2D eigenvalue weighted by Gasteiger charge is 2.39. The predicted octanol–water partition coefficient (Wildman–Crippen LogP) is 7.21. The molecule has 1 saturated carbocycles. The van der Waals surface area contributed by atoms with Gasteiger partial charge in [-0.1, -0.05) is 36.4 Å². The van der Waals surface area contributed by atoms with Gasteiger partial charge in [0.2, 0.25) is 0 Å². The van der Waals surface area contributed by atoms with Gasteiger partial charge in [-0.05, 0) is 107 Å². The molecule has 1 aliphatic carbocycles. The van der Waals surface area contributed by atoms with Crippen LogP contribution < -0.4 is 5.56 Å². The minimum Gasteiger partial charge on any atom is -0.303 e. The molecule has 2 aromatic carbocycles. The van der Waals surface area contributed by atoms with Gasteiger partial charge in [-0.15, -0.1) is 0 Å². The Hall–Kier alpha value is -2.83. The zero-order valence-electron chi connectivity index (χ0n) is 22.3. The van der Waals surface area contributed by atoms with E-state index in [1.54, 1.807) is 6.07 Å². The molecular weight excluding hydrogens is 494 g/mol. The zero-order chi connectivity index (χ0) is 26.6. The summed E-state index contributed by atoms with van der Waals surface area (Å²) in [6.45, 7) is 11.7.